The SMILES string of the molecule is COCCOCC(O)CNC(C)CS(C)(=O)=O. The molecule has 0 aliphatic rings. The summed E-state index contributed by atoms with van der Waals surface area (Å²) in [6.07, 6.45) is 0.545. The van der Waals surface area contributed by atoms with E-state index in [1.807, 2.05) is 0 Å². The topological polar surface area (TPSA) is 84.9 Å². The highest BCUT2D eigenvalue weighted by Gasteiger charge is 2.11. The summed E-state index contributed by atoms with van der Waals surface area (Å²) < 4.78 is 31.9. The van der Waals surface area contributed by atoms with Crippen molar-refractivity contribution in [3.63, 3.8) is 0 Å². The summed E-state index contributed by atoms with van der Waals surface area (Å²) in [5.41, 5.74) is 0. The number of methoxy groups -OCH3 is 1. The van der Waals surface area contributed by atoms with Gasteiger partial charge in [-0.05, 0) is 6.92 Å². The Balaban J connectivity index is 3.58. The van der Waals surface area contributed by atoms with Crippen LogP contribution in [0.1, 0.15) is 6.92 Å². The summed E-state index contributed by atoms with van der Waals surface area (Å²) in [6.45, 7) is 3.21. The molecular weight excluding hydrogens is 246 g/mol. The van der Waals surface area contributed by atoms with Gasteiger partial charge in [0.25, 0.3) is 0 Å². The molecule has 0 aliphatic heterocycles. The van der Waals surface area contributed by atoms with Crippen molar-refractivity contribution in [1.29, 1.82) is 0 Å². The fourth-order valence-corrected chi connectivity index (χ4v) is 2.30. The highest BCUT2D eigenvalue weighted by molar-refractivity contribution is 7.90. The molecule has 0 amide bonds. The van der Waals surface area contributed by atoms with Gasteiger partial charge < -0.3 is 19.9 Å². The van der Waals surface area contributed by atoms with Crippen molar-refractivity contribution >= 4 is 9.84 Å². The number of sulfone groups is 1. The Labute approximate surface area is 103 Å². The number of ether oxygens (including phenoxy) is 2. The average molecular weight is 269 g/mol. The Bertz CT molecular complexity index is 280. The first kappa shape index (κ1) is 16.8. The van der Waals surface area contributed by atoms with Gasteiger partial charge in [0.05, 0.1) is 31.7 Å². The fraction of sp³-hybridized carbons (Fsp3) is 1.00. The smallest absolute Gasteiger partial charge is 0.148 e. The molecule has 2 N–H and O–H groups in total. The third kappa shape index (κ3) is 12.0. The number of hydrogen-bond acceptors (Lipinski definition) is 6. The van der Waals surface area contributed by atoms with Crippen LogP contribution in [-0.4, -0.2) is 71.2 Å². The molecular formula is C10H23NO5S. The molecule has 0 aromatic rings. The molecule has 104 valence electrons. The Kier molecular flexibility index (Phi) is 8.71. The first-order valence-electron chi connectivity index (χ1n) is 5.51. The highest BCUT2D eigenvalue weighted by Crippen LogP contribution is 1.91. The van der Waals surface area contributed by atoms with Crippen LogP contribution in [0, 0.1) is 0 Å². The molecule has 0 saturated carbocycles. The van der Waals surface area contributed by atoms with E-state index in [0.717, 1.165) is 0 Å². The fourth-order valence-electron chi connectivity index (χ4n) is 1.27. The standard InChI is InChI=1S/C10H23NO5S/c1-9(8-17(3,13)14)11-6-10(12)7-16-5-4-15-2/h9-12H,4-8H2,1-3H3. The molecule has 2 unspecified atom stereocenters. The monoisotopic (exact) mass is 269 g/mol. The lowest BCUT2D eigenvalue weighted by molar-refractivity contribution is 0.0132. The predicted molar refractivity (Wildman–Crippen MR) is 65.9 cm³/mol. The van der Waals surface area contributed by atoms with Gasteiger partial charge in [-0.2, -0.15) is 0 Å². The maximum Gasteiger partial charge on any atom is 0.148 e. The molecule has 0 saturated heterocycles. The van der Waals surface area contributed by atoms with Crippen LogP contribution in [0.2, 0.25) is 0 Å². The number of hydrogen-bond donors (Lipinski definition) is 2. The summed E-state index contributed by atoms with van der Waals surface area (Å²) in [7, 11) is -1.41. The van der Waals surface area contributed by atoms with Crippen LogP contribution >= 0.6 is 0 Å². The molecule has 0 radical (unpaired) electrons. The first-order chi connectivity index (χ1) is 7.85. The van der Waals surface area contributed by atoms with Gasteiger partial charge in [0.1, 0.15) is 9.84 Å². The zero-order chi connectivity index (χ0) is 13.3. The molecule has 6 nitrogen and oxygen atoms in total. The molecule has 7 heteroatoms. The van der Waals surface area contributed by atoms with E-state index in [1.54, 1.807) is 14.0 Å². The summed E-state index contributed by atoms with van der Waals surface area (Å²) in [5, 5.41) is 12.5. The van der Waals surface area contributed by atoms with Gasteiger partial charge in [0.2, 0.25) is 0 Å². The van der Waals surface area contributed by atoms with Crippen molar-refractivity contribution < 1.29 is 23.0 Å². The number of aliphatic hydroxyl groups excluding tert-OH is 1. The van der Waals surface area contributed by atoms with Crippen LogP contribution in [-0.2, 0) is 19.3 Å². The average Bonchev–Trinajstić information content (AvgIpc) is 2.19. The van der Waals surface area contributed by atoms with Gasteiger partial charge in [-0.3, -0.25) is 0 Å². The Morgan fingerprint density at radius 2 is 2.00 bits per heavy atom. The quantitative estimate of drug-likeness (QED) is 0.497. The molecule has 0 aromatic carbocycles. The molecule has 0 bridgehead atoms. The van der Waals surface area contributed by atoms with E-state index >= 15 is 0 Å². The van der Waals surface area contributed by atoms with Gasteiger partial charge in [-0.1, -0.05) is 0 Å². The third-order valence-electron chi connectivity index (χ3n) is 2.00. The summed E-state index contributed by atoms with van der Waals surface area (Å²) >= 11 is 0. The normalized spacial score (nSPS) is 15.8. The molecule has 0 heterocycles. The summed E-state index contributed by atoms with van der Waals surface area (Å²) in [5.74, 6) is 0.0598. The largest absolute Gasteiger partial charge is 0.389 e. The van der Waals surface area contributed by atoms with E-state index in [-0.39, 0.29) is 18.4 Å². The van der Waals surface area contributed by atoms with Crippen LogP contribution in [0.25, 0.3) is 0 Å². The van der Waals surface area contributed by atoms with Crippen LogP contribution < -0.4 is 5.32 Å². The second-order valence-electron chi connectivity index (χ2n) is 4.12. The number of aliphatic hydroxyl groups is 1. The molecule has 2 atom stereocenters. The molecule has 0 rings (SSSR count). The van der Waals surface area contributed by atoms with Gasteiger partial charge in [0.15, 0.2) is 0 Å². The second-order valence-corrected chi connectivity index (χ2v) is 6.31. The third-order valence-corrected chi connectivity index (χ3v) is 3.10. The van der Waals surface area contributed by atoms with Crippen molar-refractivity contribution in [2.75, 3.05) is 45.5 Å². The molecule has 0 aromatic heterocycles. The minimum Gasteiger partial charge on any atom is -0.389 e. The minimum absolute atomic E-state index is 0.0598. The van der Waals surface area contributed by atoms with Crippen molar-refractivity contribution in [2.24, 2.45) is 0 Å². The number of nitrogens with one attached hydrogen (secondary N) is 1. The van der Waals surface area contributed by atoms with E-state index < -0.39 is 15.9 Å². The molecule has 0 fully saturated rings. The van der Waals surface area contributed by atoms with Crippen LogP contribution in [0.3, 0.4) is 0 Å². The van der Waals surface area contributed by atoms with E-state index in [2.05, 4.69) is 5.32 Å². The van der Waals surface area contributed by atoms with E-state index in [4.69, 9.17) is 9.47 Å². The van der Waals surface area contributed by atoms with E-state index in [9.17, 15) is 13.5 Å². The van der Waals surface area contributed by atoms with E-state index in [0.29, 0.717) is 19.8 Å². The predicted octanol–water partition coefficient (Wildman–Crippen LogP) is -0.967. The van der Waals surface area contributed by atoms with Crippen LogP contribution in [0.5, 0.6) is 0 Å². The Morgan fingerprint density at radius 3 is 2.53 bits per heavy atom. The summed E-state index contributed by atoms with van der Waals surface area (Å²) in [4.78, 5) is 0. The van der Waals surface area contributed by atoms with E-state index in [1.165, 1.54) is 6.26 Å². The minimum atomic E-state index is -2.99. The van der Waals surface area contributed by atoms with Gasteiger partial charge in [-0.15, -0.1) is 0 Å². The van der Waals surface area contributed by atoms with Crippen LogP contribution in [0.15, 0.2) is 0 Å². The molecule has 17 heavy (non-hydrogen) atoms. The highest BCUT2D eigenvalue weighted by atomic mass is 32.2. The molecule has 0 aliphatic carbocycles. The maximum atomic E-state index is 11.0. The van der Waals surface area contributed by atoms with Crippen molar-refractivity contribution in [3.8, 4) is 0 Å². The van der Waals surface area contributed by atoms with Crippen molar-refractivity contribution in [3.05, 3.63) is 0 Å². The van der Waals surface area contributed by atoms with Crippen LogP contribution in [0.4, 0.5) is 0 Å². The second kappa shape index (κ2) is 8.82. The summed E-state index contributed by atoms with van der Waals surface area (Å²) in [6, 6.07) is -0.182. The Morgan fingerprint density at radius 1 is 1.35 bits per heavy atom. The van der Waals surface area contributed by atoms with Gasteiger partial charge >= 0.3 is 0 Å². The lowest BCUT2D eigenvalue weighted by Crippen LogP contribution is -2.39. The zero-order valence-corrected chi connectivity index (χ0v) is 11.5. The van der Waals surface area contributed by atoms with Crippen molar-refractivity contribution in [1.82, 2.24) is 5.32 Å². The lowest BCUT2D eigenvalue weighted by atomic mass is 10.3. The first-order valence-corrected chi connectivity index (χ1v) is 7.57. The maximum absolute atomic E-state index is 11.0. The zero-order valence-electron chi connectivity index (χ0n) is 10.7. The lowest BCUT2D eigenvalue weighted by Gasteiger charge is -2.16. The molecule has 0 spiro atoms. The number of rotatable bonds is 10. The Hall–Kier alpha value is -0.210. The van der Waals surface area contributed by atoms with Gasteiger partial charge in [-0.25, -0.2) is 8.42 Å². The van der Waals surface area contributed by atoms with Gasteiger partial charge in [0, 0.05) is 26.0 Å². The van der Waals surface area contributed by atoms with Crippen molar-refractivity contribution in [2.45, 2.75) is 19.1 Å².